The van der Waals surface area contributed by atoms with Gasteiger partial charge < -0.3 is 19.9 Å². The Labute approximate surface area is 164 Å². The molecule has 0 aliphatic rings. The number of hydrogen-bond donors (Lipinski definition) is 3. The minimum absolute atomic E-state index is 0.0106. The summed E-state index contributed by atoms with van der Waals surface area (Å²) in [5.74, 6) is -1.21. The maximum absolute atomic E-state index is 11.9. The number of anilines is 1. The molecule has 2 aromatic carbocycles. The molecule has 0 saturated carbocycles. The summed E-state index contributed by atoms with van der Waals surface area (Å²) in [6.07, 6.45) is 1.24. The summed E-state index contributed by atoms with van der Waals surface area (Å²) in [4.78, 5) is 23.4. The van der Waals surface area contributed by atoms with E-state index < -0.39 is 5.97 Å². The van der Waals surface area contributed by atoms with Crippen molar-refractivity contribution in [2.24, 2.45) is 5.10 Å². The molecule has 0 bridgehead atoms. The zero-order valence-electron chi connectivity index (χ0n) is 14.7. The Morgan fingerprint density at radius 1 is 1.15 bits per heavy atom. The monoisotopic (exact) mass is 435 g/mol. The highest BCUT2D eigenvalue weighted by Crippen LogP contribution is 2.32. The van der Waals surface area contributed by atoms with Crippen LogP contribution < -0.4 is 20.2 Å². The van der Waals surface area contributed by atoms with Gasteiger partial charge in [0.05, 0.1) is 27.0 Å². The zero-order chi connectivity index (χ0) is 19.8. The largest absolute Gasteiger partial charge is 0.493 e. The summed E-state index contributed by atoms with van der Waals surface area (Å²) in [5.41, 5.74) is 3.28. The van der Waals surface area contributed by atoms with Crippen LogP contribution in [0.5, 0.6) is 11.5 Å². The quantitative estimate of drug-likeness (QED) is 0.434. The van der Waals surface area contributed by atoms with Crippen LogP contribution in [0.3, 0.4) is 0 Å². The molecule has 8 nitrogen and oxygen atoms in total. The third-order valence-corrected chi connectivity index (χ3v) is 4.01. The van der Waals surface area contributed by atoms with Gasteiger partial charge in [-0.05, 0) is 36.4 Å². The van der Waals surface area contributed by atoms with Crippen LogP contribution in [-0.2, 0) is 4.79 Å². The molecular formula is C18H18BrN3O5. The average Bonchev–Trinajstić information content (AvgIpc) is 2.66. The van der Waals surface area contributed by atoms with Gasteiger partial charge in [0, 0.05) is 15.7 Å². The first-order chi connectivity index (χ1) is 13.0. The molecule has 3 N–H and O–H groups in total. The van der Waals surface area contributed by atoms with Crippen molar-refractivity contribution in [2.45, 2.75) is 0 Å². The lowest BCUT2D eigenvalue weighted by atomic mass is 10.1. The van der Waals surface area contributed by atoms with Gasteiger partial charge in [-0.1, -0.05) is 15.9 Å². The van der Waals surface area contributed by atoms with E-state index in [0.29, 0.717) is 0 Å². The first-order valence-electron chi connectivity index (χ1n) is 7.76. The second-order valence-corrected chi connectivity index (χ2v) is 6.14. The average molecular weight is 436 g/mol. The number of carbonyl (C=O) groups is 2. The number of aromatic carboxylic acids is 1. The number of rotatable bonds is 8. The van der Waals surface area contributed by atoms with E-state index in [1.54, 1.807) is 6.07 Å². The van der Waals surface area contributed by atoms with E-state index in [4.69, 9.17) is 9.47 Å². The Bertz CT molecular complexity index is 853. The molecule has 0 atom stereocenters. The van der Waals surface area contributed by atoms with Crippen molar-refractivity contribution >= 4 is 39.7 Å². The fraction of sp³-hybridized carbons (Fsp3) is 0.167. The van der Waals surface area contributed by atoms with Crippen LogP contribution in [0.15, 0.2) is 46.0 Å². The van der Waals surface area contributed by atoms with Crippen molar-refractivity contribution in [1.29, 1.82) is 0 Å². The van der Waals surface area contributed by atoms with E-state index in [9.17, 15) is 14.7 Å². The lowest BCUT2D eigenvalue weighted by molar-refractivity contribution is -0.119. The number of carboxylic acid groups (broad SMARTS) is 1. The lowest BCUT2D eigenvalue weighted by Crippen LogP contribution is -2.26. The highest BCUT2D eigenvalue weighted by Gasteiger charge is 2.20. The van der Waals surface area contributed by atoms with Gasteiger partial charge in [-0.3, -0.25) is 4.79 Å². The number of amides is 1. The minimum atomic E-state index is -1.20. The van der Waals surface area contributed by atoms with Gasteiger partial charge >= 0.3 is 5.97 Å². The van der Waals surface area contributed by atoms with Crippen LogP contribution in [0.4, 0.5) is 5.69 Å². The van der Waals surface area contributed by atoms with Gasteiger partial charge in [-0.25, -0.2) is 10.2 Å². The van der Waals surface area contributed by atoms with Gasteiger partial charge in [0.1, 0.15) is 5.56 Å². The summed E-state index contributed by atoms with van der Waals surface area (Å²) in [7, 11) is 2.76. The number of ether oxygens (including phenoxy) is 2. The molecule has 0 aromatic heterocycles. The first-order valence-corrected chi connectivity index (χ1v) is 8.55. The van der Waals surface area contributed by atoms with Gasteiger partial charge in [0.2, 0.25) is 0 Å². The van der Waals surface area contributed by atoms with E-state index in [0.717, 1.165) is 10.2 Å². The Kier molecular flexibility index (Phi) is 7.18. The molecule has 0 aliphatic heterocycles. The predicted octanol–water partition coefficient (Wildman–Crippen LogP) is 2.73. The molecule has 0 aliphatic carbocycles. The Balaban J connectivity index is 2.03. The van der Waals surface area contributed by atoms with Crippen LogP contribution in [0.2, 0.25) is 0 Å². The Morgan fingerprint density at radius 3 is 2.44 bits per heavy atom. The molecule has 0 fully saturated rings. The van der Waals surface area contributed by atoms with E-state index in [1.165, 1.54) is 26.5 Å². The number of methoxy groups -OCH3 is 2. The molecule has 9 heteroatoms. The molecule has 2 aromatic rings. The zero-order valence-corrected chi connectivity index (χ0v) is 16.2. The molecule has 0 heterocycles. The minimum Gasteiger partial charge on any atom is -0.493 e. The number of hydrazone groups is 1. The van der Waals surface area contributed by atoms with Gasteiger partial charge in [0.25, 0.3) is 5.91 Å². The second-order valence-electron chi connectivity index (χ2n) is 5.22. The SMILES string of the molecule is COc1ccc(C=NNC(=O)CNc2ccc(Br)cc2)c(C(=O)O)c1OC. The molecule has 0 radical (unpaired) electrons. The topological polar surface area (TPSA) is 109 Å². The molecule has 1 amide bonds. The second kappa shape index (κ2) is 9.58. The van der Waals surface area contributed by atoms with Crippen molar-refractivity contribution in [3.8, 4) is 11.5 Å². The first kappa shape index (κ1) is 20.2. The van der Waals surface area contributed by atoms with Gasteiger partial charge in [-0.2, -0.15) is 5.10 Å². The van der Waals surface area contributed by atoms with E-state index in [2.05, 4.69) is 31.8 Å². The molecule has 0 saturated heterocycles. The number of benzene rings is 2. The number of carboxylic acids is 1. The highest BCUT2D eigenvalue weighted by molar-refractivity contribution is 9.10. The van der Waals surface area contributed by atoms with E-state index in [1.807, 2.05) is 24.3 Å². The van der Waals surface area contributed by atoms with Crippen molar-refractivity contribution < 1.29 is 24.2 Å². The normalized spacial score (nSPS) is 10.5. The molecular weight excluding hydrogens is 418 g/mol. The molecule has 0 spiro atoms. The predicted molar refractivity (Wildman–Crippen MR) is 105 cm³/mol. The van der Waals surface area contributed by atoms with Crippen molar-refractivity contribution in [1.82, 2.24) is 5.43 Å². The molecule has 142 valence electrons. The maximum atomic E-state index is 11.9. The summed E-state index contributed by atoms with van der Waals surface area (Å²) in [5, 5.41) is 16.2. The number of nitrogens with one attached hydrogen (secondary N) is 2. The number of hydrogen-bond acceptors (Lipinski definition) is 6. The summed E-state index contributed by atoms with van der Waals surface area (Å²) in [6.45, 7) is 0.0106. The molecule has 0 unspecified atom stereocenters. The Hall–Kier alpha value is -3.07. The van der Waals surface area contributed by atoms with Crippen LogP contribution in [0.25, 0.3) is 0 Å². The number of carbonyl (C=O) groups excluding carboxylic acids is 1. The smallest absolute Gasteiger partial charge is 0.340 e. The Morgan fingerprint density at radius 2 is 1.85 bits per heavy atom. The number of nitrogens with zero attached hydrogens (tertiary/aromatic N) is 1. The fourth-order valence-electron chi connectivity index (χ4n) is 2.23. The third-order valence-electron chi connectivity index (χ3n) is 3.48. The van der Waals surface area contributed by atoms with Gasteiger partial charge in [0.15, 0.2) is 11.5 Å². The maximum Gasteiger partial charge on any atom is 0.340 e. The highest BCUT2D eigenvalue weighted by atomic mass is 79.9. The molecule has 2 rings (SSSR count). The number of halogens is 1. The van der Waals surface area contributed by atoms with Crippen molar-refractivity contribution in [3.63, 3.8) is 0 Å². The van der Waals surface area contributed by atoms with Gasteiger partial charge in [-0.15, -0.1) is 0 Å². The van der Waals surface area contributed by atoms with Crippen LogP contribution in [0.1, 0.15) is 15.9 Å². The summed E-state index contributed by atoms with van der Waals surface area (Å²) in [6, 6.07) is 10.4. The van der Waals surface area contributed by atoms with Crippen LogP contribution >= 0.6 is 15.9 Å². The summed E-state index contributed by atoms with van der Waals surface area (Å²) < 4.78 is 11.2. The van der Waals surface area contributed by atoms with E-state index in [-0.39, 0.29) is 35.1 Å². The van der Waals surface area contributed by atoms with Crippen molar-refractivity contribution in [3.05, 3.63) is 52.0 Å². The fourth-order valence-corrected chi connectivity index (χ4v) is 2.50. The van der Waals surface area contributed by atoms with Crippen molar-refractivity contribution in [2.75, 3.05) is 26.1 Å². The molecule has 27 heavy (non-hydrogen) atoms. The standard InChI is InChI=1S/C18H18BrN3O5/c1-26-14-8-3-11(16(18(24)25)17(14)27-2)9-21-22-15(23)10-20-13-6-4-12(19)5-7-13/h3-9,20H,10H2,1-2H3,(H,22,23)(H,24,25). The van der Waals surface area contributed by atoms with E-state index >= 15 is 0 Å². The lowest BCUT2D eigenvalue weighted by Gasteiger charge is -2.12. The summed E-state index contributed by atoms with van der Waals surface area (Å²) >= 11 is 3.33. The van der Waals surface area contributed by atoms with Crippen LogP contribution in [0, 0.1) is 0 Å². The third kappa shape index (κ3) is 5.45. The van der Waals surface area contributed by atoms with Crippen LogP contribution in [-0.4, -0.2) is 44.0 Å².